The van der Waals surface area contributed by atoms with E-state index in [0.717, 1.165) is 51.6 Å². The molecular weight excluding hydrogens is 254 g/mol. The Morgan fingerprint density at radius 1 is 1.25 bits per heavy atom. The van der Waals surface area contributed by atoms with Gasteiger partial charge in [0.05, 0.1) is 12.0 Å². The van der Waals surface area contributed by atoms with Gasteiger partial charge in [0.15, 0.2) is 0 Å². The van der Waals surface area contributed by atoms with Crippen LogP contribution in [0, 0.1) is 11.3 Å². The monoisotopic (exact) mass is 281 g/mol. The summed E-state index contributed by atoms with van der Waals surface area (Å²) in [5.41, 5.74) is 5.41. The van der Waals surface area contributed by atoms with Crippen LogP contribution in [0.25, 0.3) is 0 Å². The van der Waals surface area contributed by atoms with Gasteiger partial charge in [0, 0.05) is 19.6 Å². The number of nitrogens with two attached hydrogens (primary N) is 1. The van der Waals surface area contributed by atoms with Gasteiger partial charge in [0.1, 0.15) is 0 Å². The Hall–Kier alpha value is -1.10. The van der Waals surface area contributed by atoms with E-state index in [4.69, 9.17) is 5.73 Å². The molecule has 0 bridgehead atoms. The first-order valence-corrected chi connectivity index (χ1v) is 7.83. The summed E-state index contributed by atoms with van der Waals surface area (Å²) >= 11 is 0. The molecule has 5 heteroatoms. The van der Waals surface area contributed by atoms with Gasteiger partial charge in [-0.05, 0) is 44.4 Å². The van der Waals surface area contributed by atoms with Gasteiger partial charge < -0.3 is 16.0 Å². The minimum Gasteiger partial charge on any atom is -0.347 e. The number of carbonyl (C=O) groups is 2. The lowest BCUT2D eigenvalue weighted by Crippen LogP contribution is -2.50. The number of hydrogen-bond acceptors (Lipinski definition) is 3. The summed E-state index contributed by atoms with van der Waals surface area (Å²) in [6.45, 7) is 4.37. The van der Waals surface area contributed by atoms with E-state index in [1.54, 1.807) is 0 Å². The number of amides is 2. The highest BCUT2D eigenvalue weighted by molar-refractivity contribution is 5.88. The SMILES string of the molecule is CC1CCC(CN)(C(=O)NCC(=O)N2CCCC2)CC1. The molecule has 5 nitrogen and oxygen atoms in total. The summed E-state index contributed by atoms with van der Waals surface area (Å²) in [4.78, 5) is 26.2. The fourth-order valence-corrected chi connectivity index (χ4v) is 3.26. The van der Waals surface area contributed by atoms with Crippen LogP contribution in [0.2, 0.25) is 0 Å². The maximum Gasteiger partial charge on any atom is 0.241 e. The quantitative estimate of drug-likeness (QED) is 0.803. The molecule has 1 saturated carbocycles. The number of hydrogen-bond donors (Lipinski definition) is 2. The minimum atomic E-state index is -0.447. The number of nitrogens with one attached hydrogen (secondary N) is 1. The molecule has 2 rings (SSSR count). The van der Waals surface area contributed by atoms with Crippen molar-refractivity contribution in [2.75, 3.05) is 26.2 Å². The van der Waals surface area contributed by atoms with E-state index in [1.165, 1.54) is 0 Å². The van der Waals surface area contributed by atoms with Gasteiger partial charge >= 0.3 is 0 Å². The predicted octanol–water partition coefficient (Wildman–Crippen LogP) is 0.880. The number of likely N-dealkylation sites (tertiary alicyclic amines) is 1. The molecule has 1 heterocycles. The largest absolute Gasteiger partial charge is 0.347 e. The van der Waals surface area contributed by atoms with Crippen LogP contribution in [-0.2, 0) is 9.59 Å². The number of carbonyl (C=O) groups excluding carboxylic acids is 2. The molecule has 0 spiro atoms. The zero-order valence-electron chi connectivity index (χ0n) is 12.5. The van der Waals surface area contributed by atoms with Gasteiger partial charge in [-0.15, -0.1) is 0 Å². The van der Waals surface area contributed by atoms with Crippen LogP contribution < -0.4 is 11.1 Å². The number of rotatable bonds is 4. The summed E-state index contributed by atoms with van der Waals surface area (Å²) < 4.78 is 0. The third-order valence-electron chi connectivity index (χ3n) is 4.96. The first-order valence-electron chi connectivity index (χ1n) is 7.83. The second-order valence-electron chi connectivity index (χ2n) is 6.44. The average molecular weight is 281 g/mol. The van der Waals surface area contributed by atoms with E-state index in [0.29, 0.717) is 12.5 Å². The van der Waals surface area contributed by atoms with Crippen molar-refractivity contribution >= 4 is 11.8 Å². The van der Waals surface area contributed by atoms with Crippen LogP contribution in [0.15, 0.2) is 0 Å². The molecule has 0 atom stereocenters. The fourth-order valence-electron chi connectivity index (χ4n) is 3.26. The fraction of sp³-hybridized carbons (Fsp3) is 0.867. The highest BCUT2D eigenvalue weighted by Crippen LogP contribution is 2.38. The van der Waals surface area contributed by atoms with E-state index in [-0.39, 0.29) is 18.4 Å². The van der Waals surface area contributed by atoms with Gasteiger partial charge in [0.2, 0.25) is 11.8 Å². The van der Waals surface area contributed by atoms with E-state index in [9.17, 15) is 9.59 Å². The Labute approximate surface area is 121 Å². The first kappa shape index (κ1) is 15.3. The first-order chi connectivity index (χ1) is 9.57. The Morgan fingerprint density at radius 3 is 2.40 bits per heavy atom. The molecule has 20 heavy (non-hydrogen) atoms. The van der Waals surface area contributed by atoms with E-state index < -0.39 is 5.41 Å². The smallest absolute Gasteiger partial charge is 0.241 e. The summed E-state index contributed by atoms with van der Waals surface area (Å²) in [7, 11) is 0. The normalized spacial score (nSPS) is 30.3. The summed E-state index contributed by atoms with van der Waals surface area (Å²) in [6, 6.07) is 0. The van der Waals surface area contributed by atoms with Gasteiger partial charge in [-0.25, -0.2) is 0 Å². The molecule has 0 unspecified atom stereocenters. The maximum atomic E-state index is 12.4. The summed E-state index contributed by atoms with van der Waals surface area (Å²) in [6.07, 6.45) is 5.92. The predicted molar refractivity (Wildman–Crippen MR) is 77.9 cm³/mol. The molecule has 3 N–H and O–H groups in total. The van der Waals surface area contributed by atoms with Crippen molar-refractivity contribution in [2.24, 2.45) is 17.1 Å². The third kappa shape index (κ3) is 3.32. The molecule has 0 radical (unpaired) electrons. The molecule has 0 aromatic carbocycles. The Morgan fingerprint density at radius 2 is 1.85 bits per heavy atom. The van der Waals surface area contributed by atoms with Crippen LogP contribution in [0.5, 0.6) is 0 Å². The Kier molecular flexibility index (Phi) is 5.02. The Bertz CT molecular complexity index is 356. The van der Waals surface area contributed by atoms with Crippen molar-refractivity contribution in [1.82, 2.24) is 10.2 Å². The molecular formula is C15H27N3O2. The highest BCUT2D eigenvalue weighted by Gasteiger charge is 2.39. The van der Waals surface area contributed by atoms with Crippen molar-refractivity contribution in [3.05, 3.63) is 0 Å². The average Bonchev–Trinajstić information content (AvgIpc) is 3.00. The lowest BCUT2D eigenvalue weighted by molar-refractivity contribution is -0.137. The molecule has 114 valence electrons. The van der Waals surface area contributed by atoms with Crippen LogP contribution in [-0.4, -0.2) is 42.9 Å². The molecule has 1 aliphatic carbocycles. The lowest BCUT2D eigenvalue weighted by Gasteiger charge is -2.37. The minimum absolute atomic E-state index is 0.0283. The summed E-state index contributed by atoms with van der Waals surface area (Å²) in [5, 5.41) is 2.83. The zero-order chi connectivity index (χ0) is 14.6. The van der Waals surface area contributed by atoms with Gasteiger partial charge in [-0.1, -0.05) is 6.92 Å². The topological polar surface area (TPSA) is 75.4 Å². The van der Waals surface area contributed by atoms with Crippen LogP contribution >= 0.6 is 0 Å². The molecule has 1 aliphatic heterocycles. The molecule has 1 saturated heterocycles. The lowest BCUT2D eigenvalue weighted by atomic mass is 9.70. The van der Waals surface area contributed by atoms with Crippen molar-refractivity contribution in [2.45, 2.75) is 45.4 Å². The second-order valence-corrected chi connectivity index (χ2v) is 6.44. The third-order valence-corrected chi connectivity index (χ3v) is 4.96. The van der Waals surface area contributed by atoms with Gasteiger partial charge in [-0.2, -0.15) is 0 Å². The summed E-state index contributed by atoms with van der Waals surface area (Å²) in [5.74, 6) is 0.681. The molecule has 0 aromatic rings. The van der Waals surface area contributed by atoms with Crippen molar-refractivity contribution in [3.8, 4) is 0 Å². The standard InChI is InChI=1S/C15H27N3O2/c1-12-4-6-15(11-16,7-5-12)14(20)17-10-13(19)18-8-2-3-9-18/h12H,2-11,16H2,1H3,(H,17,20). The maximum absolute atomic E-state index is 12.4. The molecule has 2 amide bonds. The molecule has 2 aliphatic rings. The van der Waals surface area contributed by atoms with Crippen molar-refractivity contribution in [3.63, 3.8) is 0 Å². The van der Waals surface area contributed by atoms with Gasteiger partial charge in [-0.3, -0.25) is 9.59 Å². The van der Waals surface area contributed by atoms with Crippen molar-refractivity contribution < 1.29 is 9.59 Å². The van der Waals surface area contributed by atoms with Crippen LogP contribution in [0.1, 0.15) is 45.4 Å². The molecule has 2 fully saturated rings. The van der Waals surface area contributed by atoms with Crippen LogP contribution in [0.4, 0.5) is 0 Å². The zero-order valence-corrected chi connectivity index (χ0v) is 12.5. The molecule has 0 aromatic heterocycles. The van der Waals surface area contributed by atoms with E-state index >= 15 is 0 Å². The van der Waals surface area contributed by atoms with Crippen LogP contribution in [0.3, 0.4) is 0 Å². The van der Waals surface area contributed by atoms with Gasteiger partial charge in [0.25, 0.3) is 0 Å². The van der Waals surface area contributed by atoms with E-state index in [1.807, 2.05) is 4.90 Å². The van der Waals surface area contributed by atoms with E-state index in [2.05, 4.69) is 12.2 Å². The Balaban J connectivity index is 1.84. The van der Waals surface area contributed by atoms with Crippen molar-refractivity contribution in [1.29, 1.82) is 0 Å². The highest BCUT2D eigenvalue weighted by atomic mass is 16.2. The number of nitrogens with zero attached hydrogens (tertiary/aromatic N) is 1. The second kappa shape index (κ2) is 6.57.